The van der Waals surface area contributed by atoms with Crippen LogP contribution in [0.25, 0.3) is 22.6 Å². The van der Waals surface area contributed by atoms with Crippen molar-refractivity contribution in [3.05, 3.63) is 77.3 Å². The molecular formula is C21H16ClN3O3. The number of pyridine rings is 1. The predicted octanol–water partition coefficient (Wildman–Crippen LogP) is 5.14. The molecule has 3 aromatic heterocycles. The first kappa shape index (κ1) is 18.0. The standard InChI is InChI=1S/C21H16ClN3O3/c1-13-6-7-17(27-13)20-19(14-8-10-23-11-9-14)21(28-25-20)24-18(26)12-15-4-2-3-5-16(15)22/h2-11H,12H2,1H3,(H,24,26). The van der Waals surface area contributed by atoms with Gasteiger partial charge in [0.2, 0.25) is 11.8 Å². The number of nitrogens with one attached hydrogen (secondary N) is 1. The van der Waals surface area contributed by atoms with Crippen LogP contribution in [-0.2, 0) is 11.2 Å². The number of carbonyl (C=O) groups is 1. The molecule has 0 aliphatic rings. The molecule has 0 spiro atoms. The third kappa shape index (κ3) is 3.68. The molecule has 28 heavy (non-hydrogen) atoms. The molecule has 0 atom stereocenters. The summed E-state index contributed by atoms with van der Waals surface area (Å²) in [6.45, 7) is 1.85. The number of nitrogens with zero attached hydrogens (tertiary/aromatic N) is 2. The van der Waals surface area contributed by atoms with Gasteiger partial charge in [-0.3, -0.25) is 15.1 Å². The zero-order chi connectivity index (χ0) is 19.5. The Labute approximate surface area is 166 Å². The van der Waals surface area contributed by atoms with Crippen molar-refractivity contribution >= 4 is 23.4 Å². The van der Waals surface area contributed by atoms with Crippen molar-refractivity contribution in [1.29, 1.82) is 0 Å². The van der Waals surface area contributed by atoms with Crippen molar-refractivity contribution < 1.29 is 13.7 Å². The molecule has 1 N–H and O–H groups in total. The maximum absolute atomic E-state index is 12.6. The SMILES string of the molecule is Cc1ccc(-c2noc(NC(=O)Cc3ccccc3Cl)c2-c2ccncc2)o1. The summed E-state index contributed by atoms with van der Waals surface area (Å²) in [5.74, 6) is 1.29. The Morgan fingerprint density at radius 1 is 1.11 bits per heavy atom. The Hall–Kier alpha value is -3.38. The molecule has 0 bridgehead atoms. The Bertz CT molecular complexity index is 1120. The second-order valence-electron chi connectivity index (χ2n) is 6.20. The van der Waals surface area contributed by atoms with Gasteiger partial charge in [-0.25, -0.2) is 0 Å². The van der Waals surface area contributed by atoms with Crippen LogP contribution in [0.4, 0.5) is 5.88 Å². The minimum absolute atomic E-state index is 0.116. The highest BCUT2D eigenvalue weighted by atomic mass is 35.5. The molecule has 1 amide bonds. The summed E-state index contributed by atoms with van der Waals surface area (Å²) in [6.07, 6.45) is 3.44. The van der Waals surface area contributed by atoms with Crippen LogP contribution >= 0.6 is 11.6 Å². The summed E-state index contributed by atoms with van der Waals surface area (Å²) in [5.41, 5.74) is 2.67. The van der Waals surface area contributed by atoms with E-state index in [2.05, 4.69) is 15.5 Å². The van der Waals surface area contributed by atoms with Gasteiger partial charge in [-0.05, 0) is 48.4 Å². The number of aryl methyl sites for hydroxylation is 1. The number of anilines is 1. The molecular weight excluding hydrogens is 378 g/mol. The Morgan fingerprint density at radius 2 is 1.89 bits per heavy atom. The van der Waals surface area contributed by atoms with Crippen LogP contribution in [0, 0.1) is 6.92 Å². The summed E-state index contributed by atoms with van der Waals surface area (Å²) in [5, 5.41) is 7.45. The van der Waals surface area contributed by atoms with E-state index in [9.17, 15) is 4.79 Å². The van der Waals surface area contributed by atoms with Crippen molar-refractivity contribution in [2.24, 2.45) is 0 Å². The molecule has 0 fully saturated rings. The summed E-state index contributed by atoms with van der Waals surface area (Å²) in [7, 11) is 0. The Balaban J connectivity index is 1.68. The third-order valence-electron chi connectivity index (χ3n) is 4.20. The van der Waals surface area contributed by atoms with Crippen LogP contribution in [-0.4, -0.2) is 16.0 Å². The molecule has 4 aromatic rings. The fourth-order valence-electron chi connectivity index (χ4n) is 2.88. The average Bonchev–Trinajstić information content (AvgIpc) is 3.30. The first-order valence-corrected chi connectivity index (χ1v) is 9.00. The number of carbonyl (C=O) groups excluding carboxylic acids is 1. The molecule has 1 aromatic carbocycles. The molecule has 4 rings (SSSR count). The zero-order valence-corrected chi connectivity index (χ0v) is 15.7. The van der Waals surface area contributed by atoms with Crippen LogP contribution in [0.15, 0.2) is 69.9 Å². The van der Waals surface area contributed by atoms with Crippen LogP contribution < -0.4 is 5.32 Å². The second-order valence-corrected chi connectivity index (χ2v) is 6.61. The summed E-state index contributed by atoms with van der Waals surface area (Å²) >= 11 is 6.15. The van der Waals surface area contributed by atoms with Gasteiger partial charge in [0.15, 0.2) is 11.5 Å². The number of amides is 1. The highest BCUT2D eigenvalue weighted by Gasteiger charge is 2.23. The van der Waals surface area contributed by atoms with E-state index >= 15 is 0 Å². The first-order chi connectivity index (χ1) is 13.6. The van der Waals surface area contributed by atoms with E-state index in [1.165, 1.54) is 0 Å². The third-order valence-corrected chi connectivity index (χ3v) is 4.57. The van der Waals surface area contributed by atoms with Gasteiger partial charge in [-0.2, -0.15) is 0 Å². The number of hydrogen-bond acceptors (Lipinski definition) is 5. The number of hydrogen-bond donors (Lipinski definition) is 1. The largest absolute Gasteiger partial charge is 0.460 e. The molecule has 0 aliphatic heterocycles. The molecule has 3 heterocycles. The highest BCUT2D eigenvalue weighted by molar-refractivity contribution is 6.31. The van der Waals surface area contributed by atoms with Gasteiger partial charge in [0, 0.05) is 17.4 Å². The fraction of sp³-hybridized carbons (Fsp3) is 0.0952. The molecule has 0 radical (unpaired) electrons. The summed E-state index contributed by atoms with van der Waals surface area (Å²) in [6, 6.07) is 14.5. The monoisotopic (exact) mass is 393 g/mol. The smallest absolute Gasteiger partial charge is 0.239 e. The Morgan fingerprint density at radius 3 is 2.61 bits per heavy atom. The number of aromatic nitrogens is 2. The molecule has 0 saturated carbocycles. The van der Waals surface area contributed by atoms with E-state index in [1.807, 2.05) is 49.4 Å². The normalized spacial score (nSPS) is 10.8. The van der Waals surface area contributed by atoms with E-state index < -0.39 is 0 Å². The maximum atomic E-state index is 12.6. The van der Waals surface area contributed by atoms with Gasteiger partial charge < -0.3 is 8.94 Å². The van der Waals surface area contributed by atoms with E-state index in [0.717, 1.165) is 16.9 Å². The van der Waals surface area contributed by atoms with Crippen LogP contribution in [0.1, 0.15) is 11.3 Å². The zero-order valence-electron chi connectivity index (χ0n) is 15.0. The highest BCUT2D eigenvalue weighted by Crippen LogP contribution is 2.38. The second kappa shape index (κ2) is 7.70. The van der Waals surface area contributed by atoms with Crippen LogP contribution in [0.5, 0.6) is 0 Å². The minimum Gasteiger partial charge on any atom is -0.460 e. The molecule has 140 valence electrons. The lowest BCUT2D eigenvalue weighted by atomic mass is 10.1. The molecule has 0 aliphatic carbocycles. The molecule has 6 nitrogen and oxygen atoms in total. The van der Waals surface area contributed by atoms with Gasteiger partial charge in [-0.15, -0.1) is 0 Å². The van der Waals surface area contributed by atoms with Crippen LogP contribution in [0.2, 0.25) is 5.02 Å². The number of benzene rings is 1. The maximum Gasteiger partial charge on any atom is 0.239 e. The first-order valence-electron chi connectivity index (χ1n) is 8.62. The van der Waals surface area contributed by atoms with Gasteiger partial charge in [0.05, 0.1) is 12.0 Å². The fourth-order valence-corrected chi connectivity index (χ4v) is 3.08. The van der Waals surface area contributed by atoms with Crippen molar-refractivity contribution in [2.45, 2.75) is 13.3 Å². The lowest BCUT2D eigenvalue weighted by molar-refractivity contribution is -0.115. The van der Waals surface area contributed by atoms with E-state index in [-0.39, 0.29) is 18.2 Å². The quantitative estimate of drug-likeness (QED) is 0.507. The average molecular weight is 394 g/mol. The Kier molecular flexibility index (Phi) is 4.95. The van der Waals surface area contributed by atoms with Crippen LogP contribution in [0.3, 0.4) is 0 Å². The van der Waals surface area contributed by atoms with Crippen molar-refractivity contribution in [3.8, 4) is 22.6 Å². The number of rotatable bonds is 5. The molecule has 0 saturated heterocycles. The van der Waals surface area contributed by atoms with E-state index in [4.69, 9.17) is 20.5 Å². The lowest BCUT2D eigenvalue weighted by Crippen LogP contribution is -2.14. The van der Waals surface area contributed by atoms with Crippen molar-refractivity contribution in [3.63, 3.8) is 0 Å². The summed E-state index contributed by atoms with van der Waals surface area (Å²) in [4.78, 5) is 16.6. The van der Waals surface area contributed by atoms with Gasteiger partial charge in [0.1, 0.15) is 5.76 Å². The van der Waals surface area contributed by atoms with Gasteiger partial charge in [0.25, 0.3) is 0 Å². The summed E-state index contributed by atoms with van der Waals surface area (Å²) < 4.78 is 11.2. The lowest BCUT2D eigenvalue weighted by Gasteiger charge is -2.06. The predicted molar refractivity (Wildman–Crippen MR) is 106 cm³/mol. The van der Waals surface area contributed by atoms with Crippen molar-refractivity contribution in [2.75, 3.05) is 5.32 Å². The van der Waals surface area contributed by atoms with Crippen molar-refractivity contribution in [1.82, 2.24) is 10.1 Å². The van der Waals surface area contributed by atoms with E-state index in [1.54, 1.807) is 18.5 Å². The molecule has 0 unspecified atom stereocenters. The number of furan rings is 1. The minimum atomic E-state index is -0.262. The molecule has 7 heteroatoms. The topological polar surface area (TPSA) is 81.2 Å². The van der Waals surface area contributed by atoms with Gasteiger partial charge in [-0.1, -0.05) is 35.0 Å². The van der Waals surface area contributed by atoms with E-state index in [0.29, 0.717) is 22.0 Å². The number of halogens is 1. The van der Waals surface area contributed by atoms with Gasteiger partial charge >= 0.3 is 0 Å².